The Bertz CT molecular complexity index is 705. The Kier molecular flexibility index (Phi) is 7.47. The lowest BCUT2D eigenvalue weighted by atomic mass is 10.2. The largest absolute Gasteiger partial charge is 0.355 e. The first-order chi connectivity index (χ1) is 12.1. The standard InChI is InChI=1S/C18H25ClN6/c1-4-17-24-23-13-25(17)10-9-20-18(21-11-14(2)3)22-12-15-5-7-16(19)8-6-15/h5-8,13H,2,4,9-12H2,1,3H3,(H2,20,21,22). The number of hydrogen-bond donors (Lipinski definition) is 2. The lowest BCUT2D eigenvalue weighted by Crippen LogP contribution is -2.39. The van der Waals surface area contributed by atoms with Gasteiger partial charge in [-0.05, 0) is 24.6 Å². The number of benzene rings is 1. The van der Waals surface area contributed by atoms with Crippen LogP contribution in [0.15, 0.2) is 47.7 Å². The molecule has 0 saturated carbocycles. The van der Waals surface area contributed by atoms with E-state index in [1.165, 1.54) is 0 Å². The molecule has 2 N–H and O–H groups in total. The third-order valence-electron chi connectivity index (χ3n) is 3.55. The van der Waals surface area contributed by atoms with E-state index in [-0.39, 0.29) is 0 Å². The highest BCUT2D eigenvalue weighted by Crippen LogP contribution is 2.10. The van der Waals surface area contributed by atoms with Crippen LogP contribution in [0.25, 0.3) is 0 Å². The third kappa shape index (κ3) is 6.58. The summed E-state index contributed by atoms with van der Waals surface area (Å²) >= 11 is 5.92. The quantitative estimate of drug-likeness (QED) is 0.431. The van der Waals surface area contributed by atoms with Crippen molar-refractivity contribution in [3.8, 4) is 0 Å². The van der Waals surface area contributed by atoms with Crippen molar-refractivity contribution in [1.82, 2.24) is 25.4 Å². The normalized spacial score (nSPS) is 11.4. The van der Waals surface area contributed by atoms with E-state index in [1.54, 1.807) is 6.33 Å². The van der Waals surface area contributed by atoms with Crippen LogP contribution < -0.4 is 10.6 Å². The second-order valence-corrected chi connectivity index (χ2v) is 6.26. The molecule has 0 saturated heterocycles. The Morgan fingerprint density at radius 2 is 2.04 bits per heavy atom. The molecule has 0 fully saturated rings. The molecular weight excluding hydrogens is 336 g/mol. The first-order valence-corrected chi connectivity index (χ1v) is 8.74. The van der Waals surface area contributed by atoms with Crippen LogP contribution in [0.3, 0.4) is 0 Å². The van der Waals surface area contributed by atoms with E-state index in [2.05, 4.69) is 39.3 Å². The highest BCUT2D eigenvalue weighted by molar-refractivity contribution is 6.30. The number of rotatable bonds is 8. The predicted molar refractivity (Wildman–Crippen MR) is 103 cm³/mol. The topological polar surface area (TPSA) is 67.1 Å². The highest BCUT2D eigenvalue weighted by Gasteiger charge is 2.03. The molecule has 2 rings (SSSR count). The summed E-state index contributed by atoms with van der Waals surface area (Å²) in [6.45, 7) is 10.7. The van der Waals surface area contributed by atoms with Gasteiger partial charge in [-0.2, -0.15) is 0 Å². The summed E-state index contributed by atoms with van der Waals surface area (Å²) in [6, 6.07) is 7.71. The molecule has 1 aromatic heterocycles. The number of aromatic nitrogens is 3. The van der Waals surface area contributed by atoms with E-state index in [1.807, 2.05) is 35.8 Å². The number of halogens is 1. The fraction of sp³-hybridized carbons (Fsp3) is 0.389. The van der Waals surface area contributed by atoms with Crippen molar-refractivity contribution >= 4 is 17.6 Å². The van der Waals surface area contributed by atoms with Gasteiger partial charge in [-0.3, -0.25) is 0 Å². The van der Waals surface area contributed by atoms with Crippen LogP contribution in [0.2, 0.25) is 5.02 Å². The Morgan fingerprint density at radius 3 is 2.72 bits per heavy atom. The van der Waals surface area contributed by atoms with E-state index in [4.69, 9.17) is 11.6 Å². The smallest absolute Gasteiger partial charge is 0.191 e. The van der Waals surface area contributed by atoms with Crippen LogP contribution in [-0.2, 0) is 19.5 Å². The van der Waals surface area contributed by atoms with E-state index in [9.17, 15) is 0 Å². The third-order valence-corrected chi connectivity index (χ3v) is 3.80. The van der Waals surface area contributed by atoms with Crippen molar-refractivity contribution in [1.29, 1.82) is 0 Å². The van der Waals surface area contributed by atoms with Gasteiger partial charge in [0.25, 0.3) is 0 Å². The number of aryl methyl sites for hydroxylation is 1. The van der Waals surface area contributed by atoms with E-state index in [0.717, 1.165) is 47.5 Å². The fourth-order valence-corrected chi connectivity index (χ4v) is 2.33. The SMILES string of the molecule is C=C(C)CNC(=NCc1ccc(Cl)cc1)NCCn1cnnc1CC. The Hall–Kier alpha value is -2.34. The van der Waals surface area contributed by atoms with Gasteiger partial charge in [0.05, 0.1) is 6.54 Å². The van der Waals surface area contributed by atoms with Crippen LogP contribution >= 0.6 is 11.6 Å². The molecule has 0 aliphatic carbocycles. The first-order valence-electron chi connectivity index (χ1n) is 8.36. The molecule has 0 atom stereocenters. The van der Waals surface area contributed by atoms with Crippen LogP contribution in [0.5, 0.6) is 0 Å². The van der Waals surface area contributed by atoms with Crippen molar-refractivity contribution in [3.63, 3.8) is 0 Å². The number of aliphatic imine (C=N–C) groups is 1. The maximum Gasteiger partial charge on any atom is 0.191 e. The van der Waals surface area contributed by atoms with Gasteiger partial charge in [0, 0.05) is 31.1 Å². The number of nitrogens with zero attached hydrogens (tertiary/aromatic N) is 4. The fourth-order valence-electron chi connectivity index (χ4n) is 2.20. The van der Waals surface area contributed by atoms with Gasteiger partial charge >= 0.3 is 0 Å². The molecule has 0 aliphatic rings. The molecule has 134 valence electrons. The van der Waals surface area contributed by atoms with E-state index < -0.39 is 0 Å². The molecule has 7 heteroatoms. The van der Waals surface area contributed by atoms with Gasteiger partial charge < -0.3 is 15.2 Å². The molecular formula is C18H25ClN6. The number of hydrogen-bond acceptors (Lipinski definition) is 3. The molecule has 1 aromatic carbocycles. The lowest BCUT2D eigenvalue weighted by Gasteiger charge is -2.13. The average molecular weight is 361 g/mol. The Labute approximate surface area is 154 Å². The van der Waals surface area contributed by atoms with Crippen LogP contribution in [0.1, 0.15) is 25.2 Å². The zero-order valence-electron chi connectivity index (χ0n) is 14.8. The minimum absolute atomic E-state index is 0.579. The molecule has 0 unspecified atom stereocenters. The molecule has 0 aliphatic heterocycles. The van der Waals surface area contributed by atoms with Gasteiger partial charge in [-0.25, -0.2) is 4.99 Å². The summed E-state index contributed by atoms with van der Waals surface area (Å²) in [6.07, 6.45) is 2.62. The summed E-state index contributed by atoms with van der Waals surface area (Å²) in [4.78, 5) is 4.63. The zero-order valence-corrected chi connectivity index (χ0v) is 15.6. The predicted octanol–water partition coefficient (Wildman–Crippen LogP) is 2.81. The van der Waals surface area contributed by atoms with E-state index >= 15 is 0 Å². The van der Waals surface area contributed by atoms with Gasteiger partial charge in [0.1, 0.15) is 12.2 Å². The molecule has 0 radical (unpaired) electrons. The molecule has 2 aromatic rings. The molecule has 25 heavy (non-hydrogen) atoms. The second kappa shape index (κ2) is 9.84. The summed E-state index contributed by atoms with van der Waals surface area (Å²) < 4.78 is 2.04. The molecule has 1 heterocycles. The minimum Gasteiger partial charge on any atom is -0.355 e. The first kappa shape index (κ1) is 19.0. The molecule has 0 bridgehead atoms. The number of guanidine groups is 1. The lowest BCUT2D eigenvalue weighted by molar-refractivity contribution is 0.633. The highest BCUT2D eigenvalue weighted by atomic mass is 35.5. The van der Waals surface area contributed by atoms with Crippen molar-refractivity contribution < 1.29 is 0 Å². The van der Waals surface area contributed by atoms with Gasteiger partial charge in [0.2, 0.25) is 0 Å². The summed E-state index contributed by atoms with van der Waals surface area (Å²) in [5.41, 5.74) is 2.15. The van der Waals surface area contributed by atoms with Gasteiger partial charge in [0.15, 0.2) is 5.96 Å². The zero-order chi connectivity index (χ0) is 18.1. The Morgan fingerprint density at radius 1 is 1.28 bits per heavy atom. The van der Waals surface area contributed by atoms with Crippen molar-refractivity contribution in [2.75, 3.05) is 13.1 Å². The van der Waals surface area contributed by atoms with Crippen LogP contribution in [0.4, 0.5) is 0 Å². The monoisotopic (exact) mass is 360 g/mol. The summed E-state index contributed by atoms with van der Waals surface area (Å²) in [5, 5.41) is 15.4. The summed E-state index contributed by atoms with van der Waals surface area (Å²) in [7, 11) is 0. The second-order valence-electron chi connectivity index (χ2n) is 5.82. The molecule has 0 spiro atoms. The van der Waals surface area contributed by atoms with Crippen LogP contribution in [-0.4, -0.2) is 33.8 Å². The van der Waals surface area contributed by atoms with Crippen molar-refractivity contribution in [2.24, 2.45) is 4.99 Å². The minimum atomic E-state index is 0.579. The molecule has 6 nitrogen and oxygen atoms in total. The van der Waals surface area contributed by atoms with Crippen LogP contribution in [0, 0.1) is 0 Å². The van der Waals surface area contributed by atoms with Crippen molar-refractivity contribution in [2.45, 2.75) is 33.4 Å². The van der Waals surface area contributed by atoms with Gasteiger partial charge in [-0.15, -0.1) is 10.2 Å². The summed E-state index contributed by atoms with van der Waals surface area (Å²) in [5.74, 6) is 1.74. The van der Waals surface area contributed by atoms with Crippen molar-refractivity contribution in [3.05, 3.63) is 59.2 Å². The molecule has 0 amide bonds. The average Bonchev–Trinajstić information content (AvgIpc) is 3.05. The maximum absolute atomic E-state index is 5.92. The number of nitrogens with one attached hydrogen (secondary N) is 2. The maximum atomic E-state index is 5.92. The Balaban J connectivity index is 1.93. The van der Waals surface area contributed by atoms with Gasteiger partial charge in [-0.1, -0.05) is 42.8 Å². The van der Waals surface area contributed by atoms with E-state index in [0.29, 0.717) is 13.1 Å².